The van der Waals surface area contributed by atoms with Crippen LogP contribution in [0.25, 0.3) is 0 Å². The van der Waals surface area contributed by atoms with Gasteiger partial charge in [0.15, 0.2) is 16.1 Å². The van der Waals surface area contributed by atoms with Gasteiger partial charge in [0.05, 0.1) is 18.2 Å². The number of benzene rings is 2. The molecule has 6 amide bonds. The Hall–Kier alpha value is -4.14. The molecule has 0 bridgehead atoms. The van der Waals surface area contributed by atoms with Gasteiger partial charge in [-0.2, -0.15) is 0 Å². The van der Waals surface area contributed by atoms with E-state index in [9.17, 15) is 32.7 Å². The van der Waals surface area contributed by atoms with Gasteiger partial charge in [-0.15, -0.1) is 4.31 Å². The first-order valence-electron chi connectivity index (χ1n) is 11.4. The van der Waals surface area contributed by atoms with Crippen LogP contribution in [0.4, 0.5) is 10.5 Å². The van der Waals surface area contributed by atoms with E-state index in [-0.39, 0.29) is 46.8 Å². The maximum atomic E-state index is 13.0. The molecule has 2 aromatic rings. The van der Waals surface area contributed by atoms with Crippen LogP contribution in [-0.2, 0) is 30.7 Å². The van der Waals surface area contributed by atoms with E-state index < -0.39 is 46.1 Å². The number of nitrogens with zero attached hydrogens (tertiary/aromatic N) is 2. The summed E-state index contributed by atoms with van der Waals surface area (Å²) in [4.78, 5) is 62.6. The number of hydrogen-bond acceptors (Lipinski definition) is 8. The molecule has 1 fully saturated rings. The van der Waals surface area contributed by atoms with Crippen molar-refractivity contribution in [3.63, 3.8) is 0 Å². The molecule has 0 aliphatic carbocycles. The third kappa shape index (κ3) is 5.01. The smallest absolute Gasteiger partial charge is 0.319 e. The lowest BCUT2D eigenvalue weighted by molar-refractivity contribution is -0.136. The van der Waals surface area contributed by atoms with Gasteiger partial charge < -0.3 is 19.9 Å². The highest BCUT2D eigenvalue weighted by Crippen LogP contribution is 2.32. The van der Waals surface area contributed by atoms with Crippen LogP contribution < -0.4 is 20.7 Å². The summed E-state index contributed by atoms with van der Waals surface area (Å²) in [6.45, 7) is -0.0159. The van der Waals surface area contributed by atoms with Gasteiger partial charge in [0.25, 0.3) is 11.8 Å². The number of anilines is 1. The minimum absolute atomic E-state index is 0.0159. The van der Waals surface area contributed by atoms with Crippen molar-refractivity contribution in [1.82, 2.24) is 19.8 Å². The molecular formula is C24H25N5O8S. The first-order chi connectivity index (χ1) is 17.9. The number of carbonyl (C=O) groups excluding carboxylic acids is 5. The van der Waals surface area contributed by atoms with Crippen molar-refractivity contribution in [1.29, 1.82) is 0 Å². The molecule has 3 N–H and O–H groups in total. The fraction of sp³-hybridized carbons (Fsp3) is 0.292. The second-order valence-electron chi connectivity index (χ2n) is 8.79. The third-order valence-corrected chi connectivity index (χ3v) is 7.97. The average molecular weight is 544 g/mol. The van der Waals surface area contributed by atoms with E-state index in [0.717, 1.165) is 9.21 Å². The number of urea groups is 1. The number of amides is 6. The number of methoxy groups -OCH3 is 1. The maximum Gasteiger partial charge on any atom is 0.319 e. The lowest BCUT2D eigenvalue weighted by Gasteiger charge is -2.27. The number of hydrogen-bond donors (Lipinski definition) is 3. The van der Waals surface area contributed by atoms with Gasteiger partial charge in [0.1, 0.15) is 6.04 Å². The Morgan fingerprint density at radius 2 is 1.84 bits per heavy atom. The van der Waals surface area contributed by atoms with Gasteiger partial charge in [0.2, 0.25) is 16.7 Å². The highest BCUT2D eigenvalue weighted by atomic mass is 32.3. The van der Waals surface area contributed by atoms with Crippen LogP contribution >= 0.6 is 0 Å². The van der Waals surface area contributed by atoms with E-state index in [1.165, 1.54) is 51.5 Å². The molecule has 200 valence electrons. The highest BCUT2D eigenvalue weighted by Gasteiger charge is 2.44. The molecule has 14 heteroatoms. The van der Waals surface area contributed by atoms with E-state index in [2.05, 4.69) is 16.0 Å². The van der Waals surface area contributed by atoms with E-state index in [1.54, 1.807) is 6.07 Å². The van der Waals surface area contributed by atoms with E-state index >= 15 is 0 Å². The van der Waals surface area contributed by atoms with Crippen molar-refractivity contribution in [2.75, 3.05) is 26.5 Å². The number of sulfonamides is 1. The number of rotatable bonds is 7. The largest absolute Gasteiger partial charge is 0.593 e. The predicted octanol–water partition coefficient (Wildman–Crippen LogP) is 0.883. The van der Waals surface area contributed by atoms with Crippen molar-refractivity contribution in [2.24, 2.45) is 0 Å². The van der Waals surface area contributed by atoms with E-state index in [0.29, 0.717) is 5.56 Å². The van der Waals surface area contributed by atoms with Crippen LogP contribution in [-0.4, -0.2) is 70.7 Å². The third-order valence-electron chi connectivity index (χ3n) is 6.14. The molecular weight excluding hydrogens is 518 g/mol. The molecule has 0 saturated carbocycles. The minimum Gasteiger partial charge on any atom is -0.593 e. The molecule has 2 aliphatic rings. The summed E-state index contributed by atoms with van der Waals surface area (Å²) in [5, 5.41) is 7.30. The molecule has 2 aromatic carbocycles. The van der Waals surface area contributed by atoms with Crippen LogP contribution in [0.15, 0.2) is 41.3 Å². The zero-order valence-corrected chi connectivity index (χ0v) is 21.5. The molecule has 0 aromatic heterocycles. The van der Waals surface area contributed by atoms with E-state index in [4.69, 9.17) is 4.74 Å². The van der Waals surface area contributed by atoms with Crippen LogP contribution in [0.5, 0.6) is 5.75 Å². The molecule has 2 heterocycles. The summed E-state index contributed by atoms with van der Waals surface area (Å²) in [6.07, 6.45) is 0.0680. The van der Waals surface area contributed by atoms with Crippen molar-refractivity contribution < 1.29 is 37.5 Å². The maximum absolute atomic E-state index is 13.0. The Labute approximate surface area is 218 Å². The monoisotopic (exact) mass is 543 g/mol. The second-order valence-corrected chi connectivity index (χ2v) is 10.9. The fourth-order valence-electron chi connectivity index (χ4n) is 4.14. The highest BCUT2D eigenvalue weighted by molar-refractivity contribution is 7.95. The fourth-order valence-corrected chi connectivity index (χ4v) is 5.21. The summed E-state index contributed by atoms with van der Waals surface area (Å²) in [7, 11) is 0.251. The lowest BCUT2D eigenvalue weighted by atomic mass is 10.0. The SMILES string of the molecule is COc1ccc(NC(=O)NCc2ccc3c(c2)C(=O)N(C2CCC(=O)NC2=O)C3=O)cc1[S+](=O)([O-])N(C)C. The van der Waals surface area contributed by atoms with Crippen molar-refractivity contribution in [2.45, 2.75) is 30.3 Å². The zero-order valence-electron chi connectivity index (χ0n) is 20.7. The standard InChI is InChI=1S/C24H25N5O8S/c1-28(2)38(35,36)19-11-14(5-8-18(19)37-3)26-24(34)25-12-13-4-6-15-16(10-13)23(33)29(22(15)32)17-7-9-20(30)27-21(17)31/h4-6,8,10-11,17H,7,9,12H2,1-3H3,(H3-,25,26,27,30,31,34,35,36). The lowest BCUT2D eigenvalue weighted by Crippen LogP contribution is -2.54. The predicted molar refractivity (Wildman–Crippen MR) is 133 cm³/mol. The molecule has 2 unspecified atom stereocenters. The Morgan fingerprint density at radius 3 is 2.50 bits per heavy atom. The number of ether oxygens (including phenoxy) is 1. The summed E-state index contributed by atoms with van der Waals surface area (Å²) in [6, 6.07) is 6.92. The Morgan fingerprint density at radius 1 is 1.13 bits per heavy atom. The molecule has 1 saturated heterocycles. The summed E-state index contributed by atoms with van der Waals surface area (Å²) in [5.74, 6) is -2.32. The Kier molecular flexibility index (Phi) is 7.31. The van der Waals surface area contributed by atoms with Gasteiger partial charge >= 0.3 is 6.03 Å². The number of nitrogens with one attached hydrogen (secondary N) is 3. The molecule has 4 rings (SSSR count). The Balaban J connectivity index is 1.44. The number of imide groups is 2. The zero-order chi connectivity index (χ0) is 27.8. The van der Waals surface area contributed by atoms with Gasteiger partial charge in [-0.3, -0.25) is 29.4 Å². The van der Waals surface area contributed by atoms with Gasteiger partial charge in [0, 0.05) is 38.8 Å². The quantitative estimate of drug-likeness (QED) is 0.340. The van der Waals surface area contributed by atoms with Crippen molar-refractivity contribution in [3.8, 4) is 5.75 Å². The Bertz CT molecular complexity index is 1410. The molecule has 0 spiro atoms. The first-order valence-corrected chi connectivity index (χ1v) is 12.9. The first kappa shape index (κ1) is 26.9. The van der Waals surface area contributed by atoms with E-state index in [1.807, 2.05) is 0 Å². The molecule has 2 atom stereocenters. The van der Waals surface area contributed by atoms with Crippen LogP contribution in [0.3, 0.4) is 0 Å². The van der Waals surface area contributed by atoms with Crippen LogP contribution in [0, 0.1) is 0 Å². The average Bonchev–Trinajstić information content (AvgIpc) is 3.12. The topological polar surface area (TPSA) is 177 Å². The molecule has 0 radical (unpaired) electrons. The second kappa shape index (κ2) is 10.3. The van der Waals surface area contributed by atoms with Crippen molar-refractivity contribution in [3.05, 3.63) is 53.1 Å². The number of piperidine rings is 1. The number of fused-ring (bicyclic) bond motifs is 1. The summed E-state index contributed by atoms with van der Waals surface area (Å²) < 4.78 is 31.3. The normalized spacial score (nSPS) is 18.7. The van der Waals surface area contributed by atoms with Crippen molar-refractivity contribution >= 4 is 45.7 Å². The van der Waals surface area contributed by atoms with Gasteiger partial charge in [-0.1, -0.05) is 10.3 Å². The molecule has 2 aliphatic heterocycles. The molecule has 38 heavy (non-hydrogen) atoms. The van der Waals surface area contributed by atoms with Gasteiger partial charge in [-0.25, -0.2) is 4.79 Å². The summed E-state index contributed by atoms with van der Waals surface area (Å²) in [5.41, 5.74) is 0.933. The van der Waals surface area contributed by atoms with Crippen LogP contribution in [0.2, 0.25) is 0 Å². The minimum atomic E-state index is -3.84. The van der Waals surface area contributed by atoms with Crippen LogP contribution in [0.1, 0.15) is 39.1 Å². The molecule has 13 nitrogen and oxygen atoms in total. The number of carbonyl (C=O) groups is 5. The summed E-state index contributed by atoms with van der Waals surface area (Å²) >= 11 is 0. The van der Waals surface area contributed by atoms with Gasteiger partial charge in [-0.05, 0) is 36.2 Å².